The van der Waals surface area contributed by atoms with E-state index < -0.39 is 5.97 Å². The third-order valence-corrected chi connectivity index (χ3v) is 9.26. The number of benzene rings is 2. The normalized spacial score (nSPS) is 19.0. The highest BCUT2D eigenvalue weighted by molar-refractivity contribution is 6.03. The number of likely N-dealkylation sites (tertiary alicyclic amines) is 1. The number of piperidine rings is 1. The van der Waals surface area contributed by atoms with Crippen molar-refractivity contribution in [2.75, 3.05) is 13.1 Å². The summed E-state index contributed by atoms with van der Waals surface area (Å²) in [6, 6.07) is 9.08. The highest BCUT2D eigenvalue weighted by Crippen LogP contribution is 2.47. The lowest BCUT2D eigenvalue weighted by Crippen LogP contribution is -2.28. The molecule has 3 aliphatic rings. The number of halogens is 1. The van der Waals surface area contributed by atoms with Gasteiger partial charge in [-0.3, -0.25) is 4.90 Å². The van der Waals surface area contributed by atoms with E-state index in [0.29, 0.717) is 11.5 Å². The lowest BCUT2D eigenvalue weighted by atomic mass is 9.81. The van der Waals surface area contributed by atoms with Gasteiger partial charge in [-0.15, -0.1) is 0 Å². The largest absolute Gasteiger partial charge is 0.478 e. The van der Waals surface area contributed by atoms with E-state index in [2.05, 4.69) is 20.2 Å². The summed E-state index contributed by atoms with van der Waals surface area (Å²) in [5.74, 6) is -0.688. The maximum atomic E-state index is 15.5. The first-order chi connectivity index (χ1) is 18.6. The second-order valence-electron chi connectivity index (χ2n) is 11.7. The topological polar surface area (TPSA) is 50.4 Å². The van der Waals surface area contributed by atoms with Crippen molar-refractivity contribution in [3.8, 4) is 11.3 Å². The van der Waals surface area contributed by atoms with Crippen LogP contribution in [0, 0.1) is 5.82 Å². The van der Waals surface area contributed by atoms with Gasteiger partial charge in [0, 0.05) is 47.7 Å². The maximum absolute atomic E-state index is 15.5. The average molecular weight is 514 g/mol. The molecule has 7 rings (SSSR count). The molecule has 5 nitrogen and oxygen atoms in total. The van der Waals surface area contributed by atoms with Gasteiger partial charge in [0.25, 0.3) is 0 Å². The predicted molar refractivity (Wildman–Crippen MR) is 149 cm³/mol. The van der Waals surface area contributed by atoms with E-state index in [9.17, 15) is 9.90 Å². The summed E-state index contributed by atoms with van der Waals surface area (Å²) < 4.78 is 20.2. The van der Waals surface area contributed by atoms with Crippen molar-refractivity contribution in [2.45, 2.75) is 83.3 Å². The summed E-state index contributed by atoms with van der Waals surface area (Å²) in [7, 11) is 0. The molecule has 4 heterocycles. The molecule has 0 radical (unpaired) electrons. The van der Waals surface area contributed by atoms with Crippen LogP contribution in [0.25, 0.3) is 33.1 Å². The first kappa shape index (κ1) is 24.0. The highest BCUT2D eigenvalue weighted by atomic mass is 19.1. The Labute approximate surface area is 222 Å². The summed E-state index contributed by atoms with van der Waals surface area (Å²) in [5.41, 5.74) is 7.03. The Morgan fingerprint density at radius 3 is 2.47 bits per heavy atom. The van der Waals surface area contributed by atoms with E-state index >= 15 is 4.39 Å². The Morgan fingerprint density at radius 1 is 0.895 bits per heavy atom. The van der Waals surface area contributed by atoms with Crippen molar-refractivity contribution in [3.63, 3.8) is 0 Å². The number of carboxylic acid groups (broad SMARTS) is 1. The molecule has 2 fully saturated rings. The van der Waals surface area contributed by atoms with Gasteiger partial charge in [0.05, 0.1) is 16.8 Å². The van der Waals surface area contributed by atoms with Gasteiger partial charge in [-0.2, -0.15) is 0 Å². The third kappa shape index (κ3) is 3.96. The number of carboxylic acids is 1. The molecule has 198 valence electrons. The van der Waals surface area contributed by atoms with E-state index in [0.717, 1.165) is 85.0 Å². The van der Waals surface area contributed by atoms with Crippen LogP contribution in [0.1, 0.15) is 85.2 Å². The minimum Gasteiger partial charge on any atom is -0.478 e. The zero-order valence-electron chi connectivity index (χ0n) is 22.0. The van der Waals surface area contributed by atoms with Gasteiger partial charge in [-0.05, 0) is 86.5 Å². The molecule has 2 aromatic heterocycles. The second-order valence-corrected chi connectivity index (χ2v) is 11.7. The lowest BCUT2D eigenvalue weighted by Gasteiger charge is -2.26. The van der Waals surface area contributed by atoms with Gasteiger partial charge in [0.2, 0.25) is 0 Å². The van der Waals surface area contributed by atoms with Crippen LogP contribution in [-0.4, -0.2) is 38.2 Å². The molecule has 1 saturated carbocycles. The molecular formula is C32H36FN3O2. The molecule has 38 heavy (non-hydrogen) atoms. The van der Waals surface area contributed by atoms with Gasteiger partial charge in [-0.25, -0.2) is 9.18 Å². The van der Waals surface area contributed by atoms with Gasteiger partial charge >= 0.3 is 5.97 Å². The van der Waals surface area contributed by atoms with Crippen molar-refractivity contribution < 1.29 is 14.3 Å². The number of hydrogen-bond acceptors (Lipinski definition) is 2. The summed E-state index contributed by atoms with van der Waals surface area (Å²) in [4.78, 5) is 14.4. The fourth-order valence-corrected chi connectivity index (χ4v) is 7.55. The monoisotopic (exact) mass is 513 g/mol. The number of aryl methyl sites for hydroxylation is 2. The van der Waals surface area contributed by atoms with E-state index in [1.807, 2.05) is 12.1 Å². The molecule has 0 unspecified atom stereocenters. The van der Waals surface area contributed by atoms with Crippen LogP contribution in [0.2, 0.25) is 0 Å². The number of aromatic nitrogens is 2. The Kier molecular flexibility index (Phi) is 6.03. The first-order valence-electron chi connectivity index (χ1n) is 14.5. The fourth-order valence-electron chi connectivity index (χ4n) is 7.55. The molecule has 1 aliphatic carbocycles. The molecular weight excluding hydrogens is 477 g/mol. The van der Waals surface area contributed by atoms with Crippen molar-refractivity contribution >= 4 is 27.8 Å². The zero-order chi connectivity index (χ0) is 25.8. The molecule has 0 spiro atoms. The number of nitrogens with zero attached hydrogens (tertiary/aromatic N) is 3. The van der Waals surface area contributed by atoms with Crippen LogP contribution in [0.5, 0.6) is 0 Å². The van der Waals surface area contributed by atoms with Gasteiger partial charge < -0.3 is 14.2 Å². The van der Waals surface area contributed by atoms with Crippen molar-refractivity contribution in [1.29, 1.82) is 0 Å². The van der Waals surface area contributed by atoms with Crippen LogP contribution in [0.4, 0.5) is 4.39 Å². The Morgan fingerprint density at radius 2 is 1.68 bits per heavy atom. The maximum Gasteiger partial charge on any atom is 0.335 e. The molecule has 2 aliphatic heterocycles. The number of hydrogen-bond donors (Lipinski definition) is 1. The minimum atomic E-state index is -0.906. The molecule has 0 amide bonds. The van der Waals surface area contributed by atoms with E-state index in [1.54, 1.807) is 18.2 Å². The number of fused-ring (bicyclic) bond motifs is 4. The molecule has 4 aromatic rings. The van der Waals surface area contributed by atoms with Crippen molar-refractivity contribution in [1.82, 2.24) is 14.0 Å². The van der Waals surface area contributed by atoms with Gasteiger partial charge in [-0.1, -0.05) is 31.7 Å². The second kappa shape index (κ2) is 9.57. The Bertz CT molecular complexity index is 1540. The smallest absolute Gasteiger partial charge is 0.335 e. The SMILES string of the molecule is O=C(O)c1ccc2c(C3CCCCC3)c3n(c2c1)CCCn1cc(CN2CCCCC2)c2cc(F)cc-3c21. The highest BCUT2D eigenvalue weighted by Gasteiger charge is 2.30. The minimum absolute atomic E-state index is 0.191. The fraction of sp³-hybridized carbons (Fsp3) is 0.469. The molecule has 0 atom stereocenters. The van der Waals surface area contributed by atoms with Gasteiger partial charge in [0.1, 0.15) is 5.82 Å². The molecule has 1 saturated heterocycles. The summed E-state index contributed by atoms with van der Waals surface area (Å²) in [5, 5.41) is 11.9. The average Bonchev–Trinajstić information content (AvgIpc) is 3.43. The van der Waals surface area contributed by atoms with Crippen molar-refractivity contribution in [3.05, 3.63) is 59.0 Å². The van der Waals surface area contributed by atoms with Crippen LogP contribution >= 0.6 is 0 Å². The molecule has 0 bridgehead atoms. The van der Waals surface area contributed by atoms with Gasteiger partial charge in [0.15, 0.2) is 0 Å². The Hall–Kier alpha value is -3.12. The zero-order valence-corrected chi connectivity index (χ0v) is 22.0. The quantitative estimate of drug-likeness (QED) is 0.307. The van der Waals surface area contributed by atoms with Crippen LogP contribution < -0.4 is 0 Å². The molecule has 6 heteroatoms. The predicted octanol–water partition coefficient (Wildman–Crippen LogP) is 7.54. The first-order valence-corrected chi connectivity index (χ1v) is 14.5. The van der Waals surface area contributed by atoms with Crippen LogP contribution in [0.15, 0.2) is 36.5 Å². The van der Waals surface area contributed by atoms with Crippen molar-refractivity contribution in [2.24, 2.45) is 0 Å². The van der Waals surface area contributed by atoms with Crippen LogP contribution in [-0.2, 0) is 19.6 Å². The Balaban J connectivity index is 1.49. The van der Waals surface area contributed by atoms with E-state index in [-0.39, 0.29) is 5.82 Å². The van der Waals surface area contributed by atoms with E-state index in [4.69, 9.17) is 0 Å². The van der Waals surface area contributed by atoms with Crippen LogP contribution in [0.3, 0.4) is 0 Å². The number of rotatable bonds is 4. The summed E-state index contributed by atoms with van der Waals surface area (Å²) >= 11 is 0. The summed E-state index contributed by atoms with van der Waals surface area (Å²) in [6.45, 7) is 4.75. The number of aromatic carboxylic acids is 1. The lowest BCUT2D eigenvalue weighted by molar-refractivity contribution is 0.0697. The molecule has 1 N–H and O–H groups in total. The standard InChI is InChI=1S/C32H36FN3O2/c33-24-17-26-23(19-34-12-5-2-6-13-34)20-35-14-7-15-36-28-16-22(32(37)38)10-11-25(28)29(21-8-3-1-4-9-21)31(36)27(18-24)30(26)35/h10-11,16-18,20-21H,1-9,12-15,19H2,(H,37,38). The summed E-state index contributed by atoms with van der Waals surface area (Å²) in [6.07, 6.45) is 12.9. The molecule has 2 aromatic carbocycles. The van der Waals surface area contributed by atoms with E-state index in [1.165, 1.54) is 49.7 Å². The number of carbonyl (C=O) groups is 1. The third-order valence-electron chi connectivity index (χ3n) is 9.26.